The van der Waals surface area contributed by atoms with Gasteiger partial charge in [0.25, 0.3) is 5.91 Å². The SMILES string of the molecule is COc1ccc(CNS(=O)(=O)c2ccc(C)c(C(=O)NC3CCCCC3)c2)cc1. The smallest absolute Gasteiger partial charge is 0.251 e. The summed E-state index contributed by atoms with van der Waals surface area (Å²) in [6.45, 7) is 1.97. The van der Waals surface area contributed by atoms with Crippen LogP contribution in [0.4, 0.5) is 0 Å². The van der Waals surface area contributed by atoms with Gasteiger partial charge in [0.2, 0.25) is 10.0 Å². The van der Waals surface area contributed by atoms with Gasteiger partial charge >= 0.3 is 0 Å². The molecule has 1 aliphatic rings. The summed E-state index contributed by atoms with van der Waals surface area (Å²) in [6.07, 6.45) is 5.40. The van der Waals surface area contributed by atoms with Crippen LogP contribution in [0.5, 0.6) is 5.75 Å². The lowest BCUT2D eigenvalue weighted by Gasteiger charge is -2.23. The topological polar surface area (TPSA) is 84.5 Å². The largest absolute Gasteiger partial charge is 0.497 e. The van der Waals surface area contributed by atoms with Crippen LogP contribution in [-0.2, 0) is 16.6 Å². The number of hydrogen-bond acceptors (Lipinski definition) is 4. The Kier molecular flexibility index (Phi) is 6.92. The number of aryl methyl sites for hydroxylation is 1. The molecule has 1 aliphatic carbocycles. The van der Waals surface area contributed by atoms with E-state index in [1.54, 1.807) is 37.4 Å². The maximum Gasteiger partial charge on any atom is 0.251 e. The van der Waals surface area contributed by atoms with Gasteiger partial charge in [-0.3, -0.25) is 4.79 Å². The summed E-state index contributed by atoms with van der Waals surface area (Å²) in [5, 5.41) is 3.06. The molecule has 6 nitrogen and oxygen atoms in total. The number of nitrogens with one attached hydrogen (secondary N) is 2. The number of ether oxygens (including phenoxy) is 1. The molecular weight excluding hydrogens is 388 g/mol. The van der Waals surface area contributed by atoms with Crippen molar-refractivity contribution in [3.05, 3.63) is 59.2 Å². The molecule has 0 atom stereocenters. The minimum absolute atomic E-state index is 0.0883. The Bertz CT molecular complexity index is 949. The molecule has 156 valence electrons. The average Bonchev–Trinajstić information content (AvgIpc) is 2.73. The monoisotopic (exact) mass is 416 g/mol. The number of carbonyl (C=O) groups excluding carboxylic acids is 1. The Labute approximate surface area is 172 Å². The Morgan fingerprint density at radius 1 is 1.07 bits per heavy atom. The van der Waals surface area contributed by atoms with E-state index in [1.807, 2.05) is 6.92 Å². The number of rotatable bonds is 7. The highest BCUT2D eigenvalue weighted by Crippen LogP contribution is 2.20. The van der Waals surface area contributed by atoms with Crippen LogP contribution in [0.3, 0.4) is 0 Å². The van der Waals surface area contributed by atoms with Crippen LogP contribution in [-0.4, -0.2) is 27.5 Å². The van der Waals surface area contributed by atoms with Crippen LogP contribution in [0.15, 0.2) is 47.4 Å². The fraction of sp³-hybridized carbons (Fsp3) is 0.409. The number of hydrogen-bond donors (Lipinski definition) is 2. The van der Waals surface area contributed by atoms with Crippen molar-refractivity contribution < 1.29 is 17.9 Å². The van der Waals surface area contributed by atoms with E-state index in [0.29, 0.717) is 11.3 Å². The van der Waals surface area contributed by atoms with Crippen LogP contribution < -0.4 is 14.8 Å². The summed E-state index contributed by atoms with van der Waals surface area (Å²) < 4.78 is 33.2. The van der Waals surface area contributed by atoms with Crippen LogP contribution >= 0.6 is 0 Å². The second-order valence-electron chi connectivity index (χ2n) is 7.46. The van der Waals surface area contributed by atoms with E-state index >= 15 is 0 Å². The van der Waals surface area contributed by atoms with E-state index in [0.717, 1.165) is 36.8 Å². The Hall–Kier alpha value is -2.38. The van der Waals surface area contributed by atoms with Crippen molar-refractivity contribution in [2.45, 2.75) is 56.5 Å². The minimum Gasteiger partial charge on any atom is -0.497 e. The number of carbonyl (C=O) groups is 1. The maximum atomic E-state index is 12.7. The highest BCUT2D eigenvalue weighted by molar-refractivity contribution is 7.89. The molecule has 0 radical (unpaired) electrons. The normalized spacial score (nSPS) is 15.1. The number of sulfonamides is 1. The van der Waals surface area contributed by atoms with Gasteiger partial charge in [0.05, 0.1) is 12.0 Å². The molecular formula is C22H28N2O4S. The van der Waals surface area contributed by atoms with Gasteiger partial charge in [-0.15, -0.1) is 0 Å². The van der Waals surface area contributed by atoms with Gasteiger partial charge in [-0.25, -0.2) is 13.1 Å². The summed E-state index contributed by atoms with van der Waals surface area (Å²) in [5.74, 6) is 0.505. The van der Waals surface area contributed by atoms with E-state index in [1.165, 1.54) is 18.6 Å². The summed E-state index contributed by atoms with van der Waals surface area (Å²) in [5.41, 5.74) is 1.98. The predicted molar refractivity (Wildman–Crippen MR) is 113 cm³/mol. The second kappa shape index (κ2) is 9.41. The molecule has 2 N–H and O–H groups in total. The van der Waals surface area contributed by atoms with Crippen LogP contribution in [0.2, 0.25) is 0 Å². The summed E-state index contributed by atoms with van der Waals surface area (Å²) in [6, 6.07) is 12.0. The van der Waals surface area contributed by atoms with Crippen LogP contribution in [0.25, 0.3) is 0 Å². The molecule has 0 saturated heterocycles. The Morgan fingerprint density at radius 3 is 2.41 bits per heavy atom. The number of amides is 1. The lowest BCUT2D eigenvalue weighted by atomic mass is 9.95. The molecule has 7 heteroatoms. The summed E-state index contributed by atoms with van der Waals surface area (Å²) >= 11 is 0. The van der Waals surface area contributed by atoms with Crippen molar-refractivity contribution in [1.29, 1.82) is 0 Å². The fourth-order valence-electron chi connectivity index (χ4n) is 3.53. The summed E-state index contributed by atoms with van der Waals surface area (Å²) in [4.78, 5) is 12.8. The molecule has 1 saturated carbocycles. The molecule has 0 aromatic heterocycles. The molecule has 1 amide bonds. The van der Waals surface area contributed by atoms with E-state index < -0.39 is 10.0 Å². The highest BCUT2D eigenvalue weighted by Gasteiger charge is 2.21. The summed E-state index contributed by atoms with van der Waals surface area (Å²) in [7, 11) is -2.16. The Balaban J connectivity index is 1.71. The zero-order valence-electron chi connectivity index (χ0n) is 16.9. The van der Waals surface area contributed by atoms with Crippen molar-refractivity contribution in [1.82, 2.24) is 10.0 Å². The van der Waals surface area contributed by atoms with Gasteiger partial charge in [0, 0.05) is 18.2 Å². The van der Waals surface area contributed by atoms with Gasteiger partial charge in [0.15, 0.2) is 0 Å². The molecule has 0 aliphatic heterocycles. The van der Waals surface area contributed by atoms with E-state index in [-0.39, 0.29) is 23.4 Å². The van der Waals surface area contributed by atoms with E-state index in [4.69, 9.17) is 4.74 Å². The first-order valence-corrected chi connectivity index (χ1v) is 11.4. The molecule has 1 fully saturated rings. The average molecular weight is 417 g/mol. The van der Waals surface area contributed by atoms with E-state index in [2.05, 4.69) is 10.0 Å². The standard InChI is InChI=1S/C22H28N2O4S/c1-16-8-13-20(14-21(16)22(25)24-18-6-4-3-5-7-18)29(26,27)23-15-17-9-11-19(28-2)12-10-17/h8-14,18,23H,3-7,15H2,1-2H3,(H,24,25). The predicted octanol–water partition coefficient (Wildman–Crippen LogP) is 3.54. The lowest BCUT2D eigenvalue weighted by Crippen LogP contribution is -2.36. The molecule has 3 rings (SSSR count). The van der Waals surface area contributed by atoms with Gasteiger partial charge in [0.1, 0.15) is 5.75 Å². The minimum atomic E-state index is -3.74. The first-order valence-electron chi connectivity index (χ1n) is 9.93. The van der Waals surface area contributed by atoms with Crippen LogP contribution in [0.1, 0.15) is 53.6 Å². The molecule has 2 aromatic rings. The van der Waals surface area contributed by atoms with Gasteiger partial charge in [-0.05, 0) is 55.2 Å². The van der Waals surface area contributed by atoms with Gasteiger partial charge in [-0.2, -0.15) is 0 Å². The molecule has 0 heterocycles. The van der Waals surface area contributed by atoms with Crippen molar-refractivity contribution >= 4 is 15.9 Å². The van der Waals surface area contributed by atoms with Crippen molar-refractivity contribution in [2.24, 2.45) is 0 Å². The highest BCUT2D eigenvalue weighted by atomic mass is 32.2. The molecule has 0 bridgehead atoms. The Morgan fingerprint density at radius 2 is 1.76 bits per heavy atom. The maximum absolute atomic E-state index is 12.7. The van der Waals surface area contributed by atoms with Crippen molar-refractivity contribution in [3.8, 4) is 5.75 Å². The molecule has 2 aromatic carbocycles. The second-order valence-corrected chi connectivity index (χ2v) is 9.22. The quantitative estimate of drug-likeness (QED) is 0.723. The molecule has 0 unspecified atom stereocenters. The van der Waals surface area contributed by atoms with Gasteiger partial charge in [-0.1, -0.05) is 37.5 Å². The van der Waals surface area contributed by atoms with Crippen molar-refractivity contribution in [3.63, 3.8) is 0 Å². The zero-order valence-corrected chi connectivity index (χ0v) is 17.7. The molecule has 0 spiro atoms. The lowest BCUT2D eigenvalue weighted by molar-refractivity contribution is 0.0927. The molecule has 29 heavy (non-hydrogen) atoms. The van der Waals surface area contributed by atoms with Crippen LogP contribution in [0, 0.1) is 6.92 Å². The zero-order chi connectivity index (χ0) is 20.9. The first-order chi connectivity index (χ1) is 13.9. The first kappa shape index (κ1) is 21.3. The fourth-order valence-corrected chi connectivity index (χ4v) is 4.57. The van der Waals surface area contributed by atoms with E-state index in [9.17, 15) is 13.2 Å². The third-order valence-electron chi connectivity index (χ3n) is 5.33. The number of methoxy groups -OCH3 is 1. The third kappa shape index (κ3) is 5.58. The number of benzene rings is 2. The van der Waals surface area contributed by atoms with Crippen molar-refractivity contribution in [2.75, 3.05) is 7.11 Å². The van der Waals surface area contributed by atoms with Gasteiger partial charge < -0.3 is 10.1 Å². The third-order valence-corrected chi connectivity index (χ3v) is 6.73.